The maximum Gasteiger partial charge on any atom is 0.273 e. The molecule has 2 N–H and O–H groups in total. The summed E-state index contributed by atoms with van der Waals surface area (Å²) in [4.78, 5) is 20.9. The zero-order valence-corrected chi connectivity index (χ0v) is 15.9. The molecule has 3 aromatic heterocycles. The molecule has 29 heavy (non-hydrogen) atoms. The summed E-state index contributed by atoms with van der Waals surface area (Å²) in [6, 6.07) is 9.30. The standard InChI is InChI=1S/C20H20N8O/c1-13-11-23-20(27-26-13)25-16-5-4-15(9-16)24-18-7-6-17(12-22-18)28-8-2-3-14(10-21)19(28)29/h2-3,6-8,11-12,15-16H,4-5,9H2,1H3,(H,22,24)(H,23,25,27)/t15-,16-/m0/s1. The average Bonchev–Trinajstić information content (AvgIpc) is 3.17. The van der Waals surface area contributed by atoms with E-state index in [1.165, 1.54) is 10.6 Å². The molecule has 3 heterocycles. The van der Waals surface area contributed by atoms with Crippen molar-refractivity contribution in [3.63, 3.8) is 0 Å². The molecule has 1 aliphatic carbocycles. The molecule has 4 rings (SSSR count). The molecular weight excluding hydrogens is 368 g/mol. The first-order valence-corrected chi connectivity index (χ1v) is 9.40. The quantitative estimate of drug-likeness (QED) is 0.681. The average molecular weight is 388 g/mol. The Bertz CT molecular complexity index is 1090. The smallest absolute Gasteiger partial charge is 0.273 e. The van der Waals surface area contributed by atoms with Gasteiger partial charge in [-0.1, -0.05) is 0 Å². The number of rotatable bonds is 5. The number of aryl methyl sites for hydroxylation is 1. The third kappa shape index (κ3) is 4.21. The Balaban J connectivity index is 1.38. The second-order valence-electron chi connectivity index (χ2n) is 7.03. The minimum Gasteiger partial charge on any atom is -0.367 e. The molecule has 0 radical (unpaired) electrons. The summed E-state index contributed by atoms with van der Waals surface area (Å²) in [6.45, 7) is 1.86. The van der Waals surface area contributed by atoms with Crippen LogP contribution in [0.25, 0.3) is 5.69 Å². The van der Waals surface area contributed by atoms with Crippen molar-refractivity contribution >= 4 is 11.8 Å². The Morgan fingerprint density at radius 1 is 1.10 bits per heavy atom. The van der Waals surface area contributed by atoms with Crippen molar-refractivity contribution in [3.05, 3.63) is 64.5 Å². The van der Waals surface area contributed by atoms with Gasteiger partial charge in [-0.05, 0) is 50.5 Å². The van der Waals surface area contributed by atoms with Crippen LogP contribution in [-0.4, -0.2) is 36.8 Å². The molecule has 3 aromatic rings. The zero-order chi connectivity index (χ0) is 20.2. The maximum atomic E-state index is 12.2. The van der Waals surface area contributed by atoms with Crippen LogP contribution in [0.5, 0.6) is 0 Å². The molecule has 146 valence electrons. The topological polar surface area (TPSA) is 121 Å². The summed E-state index contributed by atoms with van der Waals surface area (Å²) in [5, 5.41) is 23.8. The largest absolute Gasteiger partial charge is 0.367 e. The Hall–Kier alpha value is -3.80. The molecule has 1 fully saturated rings. The molecule has 9 nitrogen and oxygen atoms in total. The third-order valence-electron chi connectivity index (χ3n) is 4.89. The number of nitriles is 1. The third-order valence-corrected chi connectivity index (χ3v) is 4.89. The Morgan fingerprint density at radius 2 is 1.93 bits per heavy atom. The summed E-state index contributed by atoms with van der Waals surface area (Å²) in [5.41, 5.74) is 1.16. The van der Waals surface area contributed by atoms with Gasteiger partial charge < -0.3 is 10.6 Å². The Kier molecular flexibility index (Phi) is 5.16. The minimum atomic E-state index is -0.352. The number of nitrogens with zero attached hydrogens (tertiary/aromatic N) is 6. The molecule has 0 spiro atoms. The second-order valence-corrected chi connectivity index (χ2v) is 7.03. The van der Waals surface area contributed by atoms with Crippen molar-refractivity contribution in [3.8, 4) is 11.8 Å². The van der Waals surface area contributed by atoms with E-state index in [0.29, 0.717) is 11.6 Å². The molecule has 0 unspecified atom stereocenters. The lowest BCUT2D eigenvalue weighted by atomic mass is 10.2. The SMILES string of the molecule is Cc1cnc(N[C@H]2CC[C@H](Nc3ccc(-n4cccc(C#N)c4=O)cn3)C2)nn1. The van der Waals surface area contributed by atoms with Crippen LogP contribution < -0.4 is 16.2 Å². The van der Waals surface area contributed by atoms with E-state index in [4.69, 9.17) is 5.26 Å². The minimum absolute atomic E-state index is 0.104. The molecule has 0 amide bonds. The van der Waals surface area contributed by atoms with Gasteiger partial charge >= 0.3 is 0 Å². The van der Waals surface area contributed by atoms with Crippen molar-refractivity contribution in [2.45, 2.75) is 38.3 Å². The molecule has 0 aromatic carbocycles. The van der Waals surface area contributed by atoms with Crippen molar-refractivity contribution in [1.82, 2.24) is 24.7 Å². The summed E-state index contributed by atoms with van der Waals surface area (Å²) < 4.78 is 1.42. The summed E-state index contributed by atoms with van der Waals surface area (Å²) >= 11 is 0. The highest BCUT2D eigenvalue weighted by Crippen LogP contribution is 2.24. The van der Waals surface area contributed by atoms with Crippen molar-refractivity contribution in [2.24, 2.45) is 0 Å². The summed E-state index contributed by atoms with van der Waals surface area (Å²) in [7, 11) is 0. The van der Waals surface area contributed by atoms with Gasteiger partial charge in [-0.15, -0.1) is 5.10 Å². The van der Waals surface area contributed by atoms with Crippen LogP contribution in [0.1, 0.15) is 30.5 Å². The predicted octanol–water partition coefficient (Wildman–Crippen LogP) is 2.04. The Labute approximate surface area is 167 Å². The fourth-order valence-electron chi connectivity index (χ4n) is 3.43. The van der Waals surface area contributed by atoms with Crippen LogP contribution in [0, 0.1) is 18.3 Å². The highest BCUT2D eigenvalue weighted by molar-refractivity contribution is 5.43. The van der Waals surface area contributed by atoms with Crippen molar-refractivity contribution < 1.29 is 0 Å². The summed E-state index contributed by atoms with van der Waals surface area (Å²) in [6.07, 6.45) is 7.88. The van der Waals surface area contributed by atoms with E-state index < -0.39 is 0 Å². The van der Waals surface area contributed by atoms with Crippen LogP contribution in [0.15, 0.2) is 47.7 Å². The zero-order valence-electron chi connectivity index (χ0n) is 15.9. The van der Waals surface area contributed by atoms with Gasteiger partial charge in [-0.3, -0.25) is 9.36 Å². The van der Waals surface area contributed by atoms with Crippen LogP contribution in [0.4, 0.5) is 11.8 Å². The molecule has 9 heteroatoms. The van der Waals surface area contributed by atoms with Crippen LogP contribution >= 0.6 is 0 Å². The lowest BCUT2D eigenvalue weighted by molar-refractivity contribution is 0.712. The molecule has 1 aliphatic rings. The van der Waals surface area contributed by atoms with Gasteiger partial charge in [-0.25, -0.2) is 9.97 Å². The number of aromatic nitrogens is 5. The molecule has 0 bridgehead atoms. The monoisotopic (exact) mass is 388 g/mol. The molecule has 1 saturated carbocycles. The molecule has 0 aliphatic heterocycles. The lowest BCUT2D eigenvalue weighted by Gasteiger charge is -2.15. The first-order valence-electron chi connectivity index (χ1n) is 9.40. The van der Waals surface area contributed by atoms with E-state index >= 15 is 0 Å². The van der Waals surface area contributed by atoms with E-state index in [1.54, 1.807) is 24.7 Å². The second kappa shape index (κ2) is 8.06. The highest BCUT2D eigenvalue weighted by atomic mass is 16.1. The molecular formula is C20H20N8O. The van der Waals surface area contributed by atoms with Gasteiger partial charge in [0.05, 0.1) is 23.8 Å². The van der Waals surface area contributed by atoms with E-state index in [2.05, 4.69) is 30.8 Å². The lowest BCUT2D eigenvalue weighted by Crippen LogP contribution is -2.22. The van der Waals surface area contributed by atoms with Crippen molar-refractivity contribution in [2.75, 3.05) is 10.6 Å². The molecule has 0 saturated heterocycles. The first kappa shape index (κ1) is 18.6. The normalized spacial score (nSPS) is 18.2. The highest BCUT2D eigenvalue weighted by Gasteiger charge is 2.25. The van der Waals surface area contributed by atoms with Gasteiger partial charge in [0.15, 0.2) is 0 Å². The first-order chi connectivity index (χ1) is 14.1. The Morgan fingerprint density at radius 3 is 2.62 bits per heavy atom. The predicted molar refractivity (Wildman–Crippen MR) is 108 cm³/mol. The molecule has 2 atom stereocenters. The maximum absolute atomic E-state index is 12.2. The number of nitrogens with one attached hydrogen (secondary N) is 2. The van der Waals surface area contributed by atoms with Crippen LogP contribution in [0.2, 0.25) is 0 Å². The summed E-state index contributed by atoms with van der Waals surface area (Å²) in [5.74, 6) is 1.30. The van der Waals surface area contributed by atoms with E-state index in [0.717, 1.165) is 30.8 Å². The van der Waals surface area contributed by atoms with E-state index in [9.17, 15) is 4.79 Å². The van der Waals surface area contributed by atoms with E-state index in [1.807, 2.05) is 25.1 Å². The van der Waals surface area contributed by atoms with Gasteiger partial charge in [0.25, 0.3) is 5.56 Å². The fourth-order valence-corrected chi connectivity index (χ4v) is 3.43. The number of hydrogen-bond acceptors (Lipinski definition) is 8. The van der Waals surface area contributed by atoms with Crippen LogP contribution in [0.3, 0.4) is 0 Å². The van der Waals surface area contributed by atoms with Gasteiger partial charge in [0.1, 0.15) is 17.5 Å². The number of anilines is 2. The number of hydrogen-bond donors (Lipinski definition) is 2. The van der Waals surface area contributed by atoms with Gasteiger partial charge in [0.2, 0.25) is 5.95 Å². The van der Waals surface area contributed by atoms with Gasteiger partial charge in [0, 0.05) is 18.3 Å². The van der Waals surface area contributed by atoms with Gasteiger partial charge in [-0.2, -0.15) is 10.4 Å². The van der Waals surface area contributed by atoms with Crippen LogP contribution in [-0.2, 0) is 0 Å². The number of pyridine rings is 2. The fraction of sp³-hybridized carbons (Fsp3) is 0.300. The van der Waals surface area contributed by atoms with E-state index in [-0.39, 0.29) is 23.2 Å². The van der Waals surface area contributed by atoms with Crippen molar-refractivity contribution in [1.29, 1.82) is 5.26 Å².